The van der Waals surface area contributed by atoms with Gasteiger partial charge in [-0.2, -0.15) is 0 Å². The summed E-state index contributed by atoms with van der Waals surface area (Å²) in [6.07, 6.45) is 1.44. The van der Waals surface area contributed by atoms with Gasteiger partial charge in [-0.1, -0.05) is 31.2 Å². The summed E-state index contributed by atoms with van der Waals surface area (Å²) in [6, 6.07) is 12.1. The van der Waals surface area contributed by atoms with Crippen molar-refractivity contribution in [3.05, 3.63) is 42.1 Å². The normalized spacial score (nSPS) is 21.8. The molecule has 0 saturated carbocycles. The molecule has 0 unspecified atom stereocenters. The molecule has 2 aromatic rings. The zero-order valence-corrected chi connectivity index (χ0v) is 12.2. The topological polar surface area (TPSA) is 51.2 Å². The van der Waals surface area contributed by atoms with Crippen LogP contribution in [0.3, 0.4) is 0 Å². The van der Waals surface area contributed by atoms with Gasteiger partial charge in [-0.25, -0.2) is 0 Å². The van der Waals surface area contributed by atoms with Crippen LogP contribution in [0.15, 0.2) is 36.4 Å². The lowest BCUT2D eigenvalue weighted by Gasteiger charge is -2.11. The average molecular weight is 284 g/mol. The van der Waals surface area contributed by atoms with E-state index in [-0.39, 0.29) is 17.9 Å². The molecule has 1 aromatic heterocycles. The van der Waals surface area contributed by atoms with Crippen molar-refractivity contribution in [3.8, 4) is 0 Å². The van der Waals surface area contributed by atoms with Crippen LogP contribution in [0.1, 0.15) is 25.5 Å². The van der Waals surface area contributed by atoms with Crippen LogP contribution in [0.25, 0.3) is 10.9 Å². The number of pyridine rings is 1. The molecule has 1 saturated heterocycles. The third-order valence-corrected chi connectivity index (χ3v) is 3.95. The number of ketones is 1. The van der Waals surface area contributed by atoms with Crippen LogP contribution in [0, 0.1) is 0 Å². The van der Waals surface area contributed by atoms with Crippen LogP contribution >= 0.6 is 0 Å². The molecular weight excluding hydrogens is 264 g/mol. The van der Waals surface area contributed by atoms with Gasteiger partial charge in [-0.05, 0) is 18.6 Å². The molecule has 1 N–H and O–H groups in total. The number of carbonyl (C=O) groups is 1. The highest BCUT2D eigenvalue weighted by atomic mass is 16.5. The minimum Gasteiger partial charge on any atom is -0.371 e. The third kappa shape index (κ3) is 3.28. The summed E-state index contributed by atoms with van der Waals surface area (Å²) >= 11 is 0. The number of fused-ring (bicyclic) bond motifs is 1. The summed E-state index contributed by atoms with van der Waals surface area (Å²) < 4.78 is 5.89. The molecular formula is C17H20N2O2. The number of nitrogens with one attached hydrogen (secondary N) is 1. The average Bonchev–Trinajstić information content (AvgIpc) is 3.01. The lowest BCUT2D eigenvalue weighted by Crippen LogP contribution is -2.29. The predicted molar refractivity (Wildman–Crippen MR) is 82.0 cm³/mol. The van der Waals surface area contributed by atoms with Gasteiger partial charge in [0.15, 0.2) is 0 Å². The number of benzene rings is 1. The summed E-state index contributed by atoms with van der Waals surface area (Å²) in [5.74, 6) is 0.268. The smallest absolute Gasteiger partial charge is 0.149 e. The van der Waals surface area contributed by atoms with Gasteiger partial charge >= 0.3 is 0 Å². The van der Waals surface area contributed by atoms with E-state index in [0.717, 1.165) is 29.6 Å². The van der Waals surface area contributed by atoms with Gasteiger partial charge < -0.3 is 10.1 Å². The van der Waals surface area contributed by atoms with Crippen molar-refractivity contribution in [1.82, 2.24) is 10.3 Å². The number of rotatable bonds is 5. The van der Waals surface area contributed by atoms with Crippen LogP contribution in [-0.2, 0) is 16.1 Å². The SMILES string of the molecule is CCC(=O)[C@@H]1C[C@@H](OCc2ccc3ccccc3n2)CN1. The second-order valence-corrected chi connectivity index (χ2v) is 5.44. The molecule has 0 spiro atoms. The Hall–Kier alpha value is -1.78. The Balaban J connectivity index is 1.58. The largest absolute Gasteiger partial charge is 0.371 e. The van der Waals surface area contributed by atoms with E-state index in [0.29, 0.717) is 13.0 Å². The molecule has 4 heteroatoms. The van der Waals surface area contributed by atoms with E-state index in [1.165, 1.54) is 0 Å². The molecule has 0 bridgehead atoms. The number of hydrogen-bond acceptors (Lipinski definition) is 4. The van der Waals surface area contributed by atoms with Crippen LogP contribution < -0.4 is 5.32 Å². The van der Waals surface area contributed by atoms with Gasteiger partial charge in [-0.15, -0.1) is 0 Å². The van der Waals surface area contributed by atoms with E-state index in [2.05, 4.69) is 22.4 Å². The summed E-state index contributed by atoms with van der Waals surface area (Å²) in [5.41, 5.74) is 1.92. The molecule has 0 aliphatic carbocycles. The van der Waals surface area contributed by atoms with E-state index in [1.54, 1.807) is 0 Å². The number of nitrogens with zero attached hydrogens (tertiary/aromatic N) is 1. The van der Waals surface area contributed by atoms with Gasteiger partial charge in [0.1, 0.15) is 5.78 Å². The molecule has 0 amide bonds. The quantitative estimate of drug-likeness (QED) is 0.916. The number of para-hydroxylation sites is 1. The molecule has 2 heterocycles. The lowest BCUT2D eigenvalue weighted by atomic mass is 10.1. The van der Waals surface area contributed by atoms with E-state index >= 15 is 0 Å². The van der Waals surface area contributed by atoms with Crippen molar-refractivity contribution >= 4 is 16.7 Å². The Kier molecular flexibility index (Phi) is 4.27. The van der Waals surface area contributed by atoms with Crippen molar-refractivity contribution in [2.75, 3.05) is 6.54 Å². The van der Waals surface area contributed by atoms with E-state index in [9.17, 15) is 4.79 Å². The first-order valence-corrected chi connectivity index (χ1v) is 7.48. The number of aromatic nitrogens is 1. The zero-order chi connectivity index (χ0) is 14.7. The van der Waals surface area contributed by atoms with Crippen molar-refractivity contribution < 1.29 is 9.53 Å². The first-order chi connectivity index (χ1) is 10.3. The van der Waals surface area contributed by atoms with E-state index in [1.807, 2.05) is 31.2 Å². The summed E-state index contributed by atoms with van der Waals surface area (Å²) in [7, 11) is 0. The molecule has 21 heavy (non-hydrogen) atoms. The number of ether oxygens (including phenoxy) is 1. The summed E-state index contributed by atoms with van der Waals surface area (Å²) in [5, 5.41) is 4.36. The maximum absolute atomic E-state index is 11.6. The van der Waals surface area contributed by atoms with Gasteiger partial charge in [0, 0.05) is 18.4 Å². The molecule has 1 aliphatic heterocycles. The second kappa shape index (κ2) is 6.33. The van der Waals surface area contributed by atoms with E-state index in [4.69, 9.17) is 4.74 Å². The molecule has 1 fully saturated rings. The first kappa shape index (κ1) is 14.2. The highest BCUT2D eigenvalue weighted by Gasteiger charge is 2.28. The van der Waals surface area contributed by atoms with Crippen LogP contribution in [0.2, 0.25) is 0 Å². The monoisotopic (exact) mass is 284 g/mol. The van der Waals surface area contributed by atoms with Gasteiger partial charge in [0.25, 0.3) is 0 Å². The highest BCUT2D eigenvalue weighted by Crippen LogP contribution is 2.16. The van der Waals surface area contributed by atoms with Crippen molar-refractivity contribution in [2.24, 2.45) is 0 Å². The minimum atomic E-state index is -0.0374. The maximum Gasteiger partial charge on any atom is 0.149 e. The summed E-state index contributed by atoms with van der Waals surface area (Å²) in [6.45, 7) is 3.13. The molecule has 4 nitrogen and oxygen atoms in total. The van der Waals surface area contributed by atoms with Gasteiger partial charge in [0.2, 0.25) is 0 Å². The minimum absolute atomic E-state index is 0.0374. The fraction of sp³-hybridized carbons (Fsp3) is 0.412. The molecule has 1 aromatic carbocycles. The number of carbonyl (C=O) groups excluding carboxylic acids is 1. The standard InChI is InChI=1S/C17H20N2O2/c1-2-17(20)16-9-14(10-18-16)21-11-13-8-7-12-5-3-4-6-15(12)19-13/h3-8,14,16,18H,2,9-11H2,1H3/t14-,16+/m1/s1. The fourth-order valence-electron chi connectivity index (χ4n) is 2.71. The van der Waals surface area contributed by atoms with Crippen molar-refractivity contribution in [1.29, 1.82) is 0 Å². The Labute approximate surface area is 124 Å². The Morgan fingerprint density at radius 2 is 2.19 bits per heavy atom. The predicted octanol–water partition coefficient (Wildman–Crippen LogP) is 2.46. The third-order valence-electron chi connectivity index (χ3n) is 3.95. The number of hydrogen-bond donors (Lipinski definition) is 1. The van der Waals surface area contributed by atoms with Crippen molar-refractivity contribution in [2.45, 2.75) is 38.5 Å². The van der Waals surface area contributed by atoms with Crippen LogP contribution in [-0.4, -0.2) is 29.5 Å². The Morgan fingerprint density at radius 3 is 3.05 bits per heavy atom. The second-order valence-electron chi connectivity index (χ2n) is 5.44. The van der Waals surface area contributed by atoms with Crippen LogP contribution in [0.4, 0.5) is 0 Å². The Bertz CT molecular complexity index is 641. The molecule has 110 valence electrons. The maximum atomic E-state index is 11.6. The fourth-order valence-corrected chi connectivity index (χ4v) is 2.71. The van der Waals surface area contributed by atoms with Gasteiger partial charge in [0.05, 0.1) is 30.0 Å². The summed E-state index contributed by atoms with van der Waals surface area (Å²) in [4.78, 5) is 16.2. The van der Waals surface area contributed by atoms with Crippen LogP contribution in [0.5, 0.6) is 0 Å². The van der Waals surface area contributed by atoms with Crippen molar-refractivity contribution in [3.63, 3.8) is 0 Å². The van der Waals surface area contributed by atoms with E-state index < -0.39 is 0 Å². The lowest BCUT2D eigenvalue weighted by molar-refractivity contribution is -0.120. The molecule has 0 radical (unpaired) electrons. The van der Waals surface area contributed by atoms with Gasteiger partial charge in [-0.3, -0.25) is 9.78 Å². The molecule has 3 rings (SSSR count). The number of Topliss-reactive ketones (excluding diaryl/α,β-unsaturated/α-hetero) is 1. The first-order valence-electron chi connectivity index (χ1n) is 7.48. The highest BCUT2D eigenvalue weighted by molar-refractivity contribution is 5.84. The molecule has 2 atom stereocenters. The molecule has 1 aliphatic rings. The Morgan fingerprint density at radius 1 is 1.33 bits per heavy atom. The zero-order valence-electron chi connectivity index (χ0n) is 12.2.